The predicted octanol–water partition coefficient (Wildman–Crippen LogP) is 8.45. The van der Waals surface area contributed by atoms with E-state index < -0.39 is 4.75 Å². The van der Waals surface area contributed by atoms with Gasteiger partial charge >= 0.3 is 0 Å². The zero-order valence-corrected chi connectivity index (χ0v) is 26.3. The lowest BCUT2D eigenvalue weighted by Gasteiger charge is -2.29. The highest BCUT2D eigenvalue weighted by Crippen LogP contribution is 2.33. The summed E-state index contributed by atoms with van der Waals surface area (Å²) in [5.41, 5.74) is 0.232. The number of thioether (sulfide) groups is 1. The molecule has 1 aromatic rings. The molecule has 0 radical (unpaired) electrons. The Morgan fingerprint density at radius 1 is 0.756 bits per heavy atom. The van der Waals surface area contributed by atoms with Crippen LogP contribution in [-0.4, -0.2) is 40.5 Å². The summed E-state index contributed by atoms with van der Waals surface area (Å²) in [6.45, 7) is 6.93. The average molecular weight is 581 g/mol. The maximum Gasteiger partial charge on any atom is 0.255 e. The third-order valence-electron chi connectivity index (χ3n) is 6.70. The van der Waals surface area contributed by atoms with Crippen molar-refractivity contribution < 1.29 is 14.7 Å². The van der Waals surface area contributed by atoms with Gasteiger partial charge in [0.1, 0.15) is 5.75 Å². The summed E-state index contributed by atoms with van der Waals surface area (Å²) in [5.74, 6) is 0.575. The van der Waals surface area contributed by atoms with Gasteiger partial charge in [-0.05, 0) is 82.1 Å². The summed E-state index contributed by atoms with van der Waals surface area (Å²) < 4.78 is -0.445. The van der Waals surface area contributed by atoms with Gasteiger partial charge in [-0.3, -0.25) is 9.59 Å². The van der Waals surface area contributed by atoms with Gasteiger partial charge in [-0.15, -0.1) is 11.8 Å². The highest BCUT2D eigenvalue weighted by Gasteiger charge is 2.34. The van der Waals surface area contributed by atoms with E-state index in [0.29, 0.717) is 13.1 Å². The second kappa shape index (κ2) is 23.7. The maximum absolute atomic E-state index is 13.0. The van der Waals surface area contributed by atoms with Crippen molar-refractivity contribution in [3.05, 3.63) is 90.6 Å². The zero-order valence-electron chi connectivity index (χ0n) is 25.4. The van der Waals surface area contributed by atoms with E-state index in [4.69, 9.17) is 0 Å². The number of aromatic hydroxyl groups is 1. The number of nitrogens with one attached hydrogen (secondary N) is 2. The van der Waals surface area contributed by atoms with Crippen LogP contribution >= 0.6 is 11.8 Å². The van der Waals surface area contributed by atoms with Gasteiger partial charge in [0.2, 0.25) is 5.91 Å². The first kappa shape index (κ1) is 36.0. The Balaban J connectivity index is 2.19. The number of carbonyl (C=O) groups is 2. The van der Waals surface area contributed by atoms with Crippen LogP contribution < -0.4 is 10.6 Å². The summed E-state index contributed by atoms with van der Waals surface area (Å²) in [4.78, 5) is 25.2. The molecule has 0 heterocycles. The molecule has 1 rings (SSSR count). The molecule has 226 valence electrons. The molecular weight excluding hydrogens is 528 g/mol. The van der Waals surface area contributed by atoms with Crippen LogP contribution in [0.25, 0.3) is 0 Å². The first-order valence-corrected chi connectivity index (χ1v) is 16.2. The lowest BCUT2D eigenvalue weighted by atomic mass is 10.0. The Hall–Kier alpha value is -2.99. The minimum Gasteiger partial charge on any atom is -0.507 e. The summed E-state index contributed by atoms with van der Waals surface area (Å²) >= 11 is 1.75. The molecule has 5 nitrogen and oxygen atoms in total. The number of hydrogen-bond donors (Lipinski definition) is 3. The zero-order chi connectivity index (χ0) is 30.0. The Kier molecular flexibility index (Phi) is 20.8. The van der Waals surface area contributed by atoms with E-state index in [1.807, 2.05) is 0 Å². The third kappa shape index (κ3) is 16.1. The van der Waals surface area contributed by atoms with Gasteiger partial charge in [-0.2, -0.15) is 0 Å². The van der Waals surface area contributed by atoms with Crippen molar-refractivity contribution in [3.63, 3.8) is 0 Å². The predicted molar refractivity (Wildman–Crippen MR) is 178 cm³/mol. The Morgan fingerprint density at radius 3 is 1.85 bits per heavy atom. The SMILES string of the molecule is CCC=CCC=CCC=CCC=CCC=CCCCCSC(CC)(CC)C(=O)NCCNC(=O)c1ccccc1O. The van der Waals surface area contributed by atoms with Crippen LogP contribution in [0.2, 0.25) is 0 Å². The highest BCUT2D eigenvalue weighted by molar-refractivity contribution is 8.01. The first-order chi connectivity index (χ1) is 20.0. The second-order valence-corrected chi connectivity index (χ2v) is 11.3. The third-order valence-corrected chi connectivity index (χ3v) is 8.51. The minimum absolute atomic E-state index is 0.0298. The monoisotopic (exact) mass is 580 g/mol. The standard InChI is InChI=1S/C35H52N2O3S/c1-4-7-8-9-10-11-12-13-14-15-16-17-18-19-20-21-22-25-30-41-35(5-2,6-3)34(40)37-29-28-36-33(39)31-26-23-24-27-32(31)38/h7-8,10-11,13-14,16-17,19-20,23-24,26-27,38H,4-6,9,12,15,18,21-22,25,28-30H2,1-3H3,(H,36,39)(H,37,40). The number of unbranched alkanes of at least 4 members (excludes halogenated alkanes) is 2. The molecule has 2 amide bonds. The molecule has 0 aliphatic carbocycles. The summed E-state index contributed by atoms with van der Waals surface area (Å²) in [6.07, 6.45) is 32.0. The molecule has 6 heteroatoms. The van der Waals surface area contributed by atoms with Gasteiger partial charge in [0.05, 0.1) is 10.3 Å². The maximum atomic E-state index is 13.0. The summed E-state index contributed by atoms with van der Waals surface area (Å²) in [6, 6.07) is 6.42. The van der Waals surface area contributed by atoms with E-state index in [1.165, 1.54) is 6.07 Å². The number of hydrogen-bond acceptors (Lipinski definition) is 4. The van der Waals surface area contributed by atoms with Gasteiger partial charge in [-0.25, -0.2) is 0 Å². The molecule has 0 aromatic heterocycles. The number of allylic oxidation sites excluding steroid dienone is 10. The molecule has 41 heavy (non-hydrogen) atoms. The number of amides is 2. The van der Waals surface area contributed by atoms with Crippen LogP contribution in [-0.2, 0) is 4.79 Å². The van der Waals surface area contributed by atoms with E-state index in [9.17, 15) is 14.7 Å². The quantitative estimate of drug-likeness (QED) is 0.0950. The van der Waals surface area contributed by atoms with Crippen LogP contribution in [0.1, 0.15) is 95.3 Å². The molecule has 0 unspecified atom stereocenters. The Morgan fingerprint density at radius 2 is 1.29 bits per heavy atom. The van der Waals surface area contributed by atoms with Crippen LogP contribution in [0.4, 0.5) is 0 Å². The molecule has 0 aliphatic rings. The minimum atomic E-state index is -0.445. The van der Waals surface area contributed by atoms with Crippen molar-refractivity contribution in [1.82, 2.24) is 10.6 Å². The van der Waals surface area contributed by atoms with E-state index in [0.717, 1.165) is 70.0 Å². The molecule has 0 saturated carbocycles. The van der Waals surface area contributed by atoms with Gasteiger partial charge in [0, 0.05) is 13.1 Å². The van der Waals surface area contributed by atoms with Crippen molar-refractivity contribution in [3.8, 4) is 5.75 Å². The molecule has 0 fully saturated rings. The van der Waals surface area contributed by atoms with Crippen molar-refractivity contribution in [2.24, 2.45) is 0 Å². The smallest absolute Gasteiger partial charge is 0.255 e. The van der Waals surface area contributed by atoms with Crippen molar-refractivity contribution >= 4 is 23.6 Å². The van der Waals surface area contributed by atoms with E-state index >= 15 is 0 Å². The van der Waals surface area contributed by atoms with Crippen molar-refractivity contribution in [2.75, 3.05) is 18.8 Å². The lowest BCUT2D eigenvalue weighted by molar-refractivity contribution is -0.123. The average Bonchev–Trinajstić information content (AvgIpc) is 2.98. The van der Waals surface area contributed by atoms with Gasteiger partial charge < -0.3 is 15.7 Å². The number of para-hydroxylation sites is 1. The number of phenolic OH excluding ortho intramolecular Hbond substituents is 1. The first-order valence-electron chi connectivity index (χ1n) is 15.2. The second-order valence-electron chi connectivity index (χ2n) is 9.78. The fourth-order valence-corrected chi connectivity index (χ4v) is 5.47. The molecule has 0 aliphatic heterocycles. The summed E-state index contributed by atoms with van der Waals surface area (Å²) in [7, 11) is 0. The van der Waals surface area contributed by atoms with Gasteiger partial charge in [0.25, 0.3) is 5.91 Å². The van der Waals surface area contributed by atoms with Crippen LogP contribution in [0.3, 0.4) is 0 Å². The largest absolute Gasteiger partial charge is 0.507 e. The number of benzene rings is 1. The lowest BCUT2D eigenvalue weighted by Crippen LogP contribution is -2.46. The molecule has 0 atom stereocenters. The molecule has 3 N–H and O–H groups in total. The fourth-order valence-electron chi connectivity index (χ4n) is 4.12. The van der Waals surface area contributed by atoms with Crippen LogP contribution in [0.15, 0.2) is 85.0 Å². The summed E-state index contributed by atoms with van der Waals surface area (Å²) in [5, 5.41) is 15.5. The Bertz CT molecular complexity index is 1010. The van der Waals surface area contributed by atoms with Crippen LogP contribution in [0, 0.1) is 0 Å². The van der Waals surface area contributed by atoms with E-state index in [2.05, 4.69) is 92.2 Å². The molecule has 0 bridgehead atoms. The highest BCUT2D eigenvalue weighted by atomic mass is 32.2. The van der Waals surface area contributed by atoms with Crippen molar-refractivity contribution in [1.29, 1.82) is 0 Å². The molecular formula is C35H52N2O3S. The molecule has 0 spiro atoms. The van der Waals surface area contributed by atoms with Crippen molar-refractivity contribution in [2.45, 2.75) is 89.7 Å². The number of phenols is 1. The van der Waals surface area contributed by atoms with E-state index in [1.54, 1.807) is 30.0 Å². The number of carbonyl (C=O) groups excluding carboxylic acids is 2. The van der Waals surface area contributed by atoms with Gasteiger partial charge in [0.15, 0.2) is 0 Å². The van der Waals surface area contributed by atoms with E-state index in [-0.39, 0.29) is 23.1 Å². The Labute approximate surface area is 253 Å². The van der Waals surface area contributed by atoms with Gasteiger partial charge in [-0.1, -0.05) is 93.7 Å². The topological polar surface area (TPSA) is 78.4 Å². The van der Waals surface area contributed by atoms with Crippen LogP contribution in [0.5, 0.6) is 5.75 Å². The number of rotatable bonds is 22. The normalized spacial score (nSPS) is 12.5. The fraction of sp³-hybridized carbons (Fsp3) is 0.486. The molecule has 0 saturated heterocycles. The molecule has 1 aromatic carbocycles.